The third-order valence-corrected chi connectivity index (χ3v) is 4.84. The minimum Gasteiger partial charge on any atom is -0.490 e. The summed E-state index contributed by atoms with van der Waals surface area (Å²) in [4.78, 5) is 0. The van der Waals surface area contributed by atoms with Crippen molar-refractivity contribution in [3.05, 3.63) is 29.8 Å². The van der Waals surface area contributed by atoms with E-state index in [9.17, 15) is 0 Å². The van der Waals surface area contributed by atoms with Gasteiger partial charge in [-0.05, 0) is 37.0 Å². The highest BCUT2D eigenvalue weighted by Gasteiger charge is 2.23. The van der Waals surface area contributed by atoms with Crippen LogP contribution in [-0.4, -0.2) is 17.1 Å². The van der Waals surface area contributed by atoms with E-state index < -0.39 is 0 Å². The molecule has 0 saturated heterocycles. The zero-order valence-electron chi connectivity index (χ0n) is 11.8. The van der Waals surface area contributed by atoms with Crippen LogP contribution < -0.4 is 16.0 Å². The Kier molecular flexibility index (Phi) is 5.55. The first-order chi connectivity index (χ1) is 9.22. The molecule has 106 valence electrons. The second kappa shape index (κ2) is 7.17. The Morgan fingerprint density at radius 2 is 2.26 bits per heavy atom. The van der Waals surface area contributed by atoms with Gasteiger partial charge in [0.2, 0.25) is 0 Å². The second-order valence-electron chi connectivity index (χ2n) is 5.16. The molecule has 4 heteroatoms. The second-order valence-corrected chi connectivity index (χ2v) is 6.63. The number of hydrazine groups is 1. The van der Waals surface area contributed by atoms with Gasteiger partial charge in [0, 0.05) is 11.0 Å². The van der Waals surface area contributed by atoms with Gasteiger partial charge in [0.15, 0.2) is 0 Å². The highest BCUT2D eigenvalue weighted by Crippen LogP contribution is 2.29. The first-order valence-corrected chi connectivity index (χ1v) is 8.12. The molecule has 1 saturated carbocycles. The van der Waals surface area contributed by atoms with Crippen LogP contribution in [0.25, 0.3) is 0 Å². The van der Waals surface area contributed by atoms with Crippen LogP contribution in [0.2, 0.25) is 0 Å². The quantitative estimate of drug-likeness (QED) is 0.567. The average Bonchev–Trinajstić information content (AvgIpc) is 3.23. The third-order valence-electron chi connectivity index (χ3n) is 3.41. The monoisotopic (exact) mass is 280 g/mol. The molecule has 2 unspecified atom stereocenters. The third kappa shape index (κ3) is 4.71. The Morgan fingerprint density at radius 1 is 1.47 bits per heavy atom. The number of hydrogen-bond donors (Lipinski definition) is 2. The van der Waals surface area contributed by atoms with Crippen molar-refractivity contribution in [3.8, 4) is 5.75 Å². The van der Waals surface area contributed by atoms with Gasteiger partial charge >= 0.3 is 0 Å². The Bertz CT molecular complexity index is 395. The molecule has 19 heavy (non-hydrogen) atoms. The van der Waals surface area contributed by atoms with Crippen molar-refractivity contribution in [1.29, 1.82) is 0 Å². The van der Waals surface area contributed by atoms with Crippen LogP contribution in [0.15, 0.2) is 24.3 Å². The molecule has 3 N–H and O–H groups in total. The maximum atomic E-state index is 5.83. The summed E-state index contributed by atoms with van der Waals surface area (Å²) in [6.45, 7) is 4.47. The van der Waals surface area contributed by atoms with E-state index >= 15 is 0 Å². The van der Waals surface area contributed by atoms with E-state index in [-0.39, 0.29) is 6.04 Å². The fourth-order valence-electron chi connectivity index (χ4n) is 1.80. The van der Waals surface area contributed by atoms with E-state index in [2.05, 4.69) is 31.4 Å². The summed E-state index contributed by atoms with van der Waals surface area (Å²) in [5, 5.41) is 0.668. The molecule has 0 amide bonds. The van der Waals surface area contributed by atoms with Crippen LogP contribution in [0.3, 0.4) is 0 Å². The van der Waals surface area contributed by atoms with Crippen molar-refractivity contribution in [3.63, 3.8) is 0 Å². The molecule has 0 spiro atoms. The van der Waals surface area contributed by atoms with Gasteiger partial charge in [-0.15, -0.1) is 0 Å². The summed E-state index contributed by atoms with van der Waals surface area (Å²) in [7, 11) is 0. The van der Waals surface area contributed by atoms with E-state index in [1.807, 2.05) is 23.9 Å². The van der Waals surface area contributed by atoms with Gasteiger partial charge in [-0.1, -0.05) is 26.0 Å². The van der Waals surface area contributed by atoms with Gasteiger partial charge < -0.3 is 4.74 Å². The molecular weight excluding hydrogens is 256 g/mol. The lowest BCUT2D eigenvalue weighted by Crippen LogP contribution is -2.30. The lowest BCUT2D eigenvalue weighted by atomic mass is 10.1. The first-order valence-electron chi connectivity index (χ1n) is 7.07. The molecule has 1 aliphatic carbocycles. The zero-order chi connectivity index (χ0) is 13.7. The number of ether oxygens (including phenoxy) is 1. The maximum absolute atomic E-state index is 5.83. The number of rotatable bonds is 8. The van der Waals surface area contributed by atoms with Crippen molar-refractivity contribution >= 4 is 11.8 Å². The molecule has 3 nitrogen and oxygen atoms in total. The number of thioether (sulfide) groups is 1. The van der Waals surface area contributed by atoms with E-state index in [1.54, 1.807) is 0 Å². The predicted molar refractivity (Wildman–Crippen MR) is 82.4 cm³/mol. The van der Waals surface area contributed by atoms with Gasteiger partial charge in [0.1, 0.15) is 5.75 Å². The molecule has 0 heterocycles. The van der Waals surface area contributed by atoms with E-state index in [4.69, 9.17) is 10.6 Å². The topological polar surface area (TPSA) is 47.3 Å². The molecule has 1 fully saturated rings. The smallest absolute Gasteiger partial charge is 0.120 e. The minimum absolute atomic E-state index is 0.182. The number of nitrogens with two attached hydrogens (primary N) is 1. The van der Waals surface area contributed by atoms with Crippen LogP contribution in [-0.2, 0) is 0 Å². The van der Waals surface area contributed by atoms with Crippen LogP contribution in [0, 0.1) is 0 Å². The van der Waals surface area contributed by atoms with E-state index in [0.29, 0.717) is 11.4 Å². The van der Waals surface area contributed by atoms with E-state index in [1.165, 1.54) is 24.8 Å². The molecule has 0 bridgehead atoms. The molecule has 2 rings (SSSR count). The summed E-state index contributed by atoms with van der Waals surface area (Å²) in [5.41, 5.74) is 4.12. The highest BCUT2D eigenvalue weighted by molar-refractivity contribution is 7.99. The summed E-state index contributed by atoms with van der Waals surface area (Å²) in [6.07, 6.45) is 4.00. The summed E-state index contributed by atoms with van der Waals surface area (Å²) < 4.78 is 5.83. The molecule has 2 atom stereocenters. The highest BCUT2D eigenvalue weighted by atomic mass is 32.2. The van der Waals surface area contributed by atoms with E-state index in [0.717, 1.165) is 11.5 Å². The minimum atomic E-state index is 0.182. The average molecular weight is 280 g/mol. The van der Waals surface area contributed by atoms with Crippen molar-refractivity contribution in [1.82, 2.24) is 5.43 Å². The molecule has 0 aliphatic heterocycles. The zero-order valence-corrected chi connectivity index (χ0v) is 12.6. The van der Waals surface area contributed by atoms with Crippen molar-refractivity contribution < 1.29 is 4.74 Å². The molecule has 0 aromatic heterocycles. The Morgan fingerprint density at radius 3 is 2.89 bits per heavy atom. The van der Waals surface area contributed by atoms with Gasteiger partial charge in [-0.2, -0.15) is 11.8 Å². The molecule has 1 aliphatic rings. The normalized spacial score (nSPS) is 18.1. The standard InChI is InChI=1S/C15H24N2OS/c1-3-11(2)19-10-15(17-16)12-5-4-6-14(9-12)18-13-7-8-13/h4-6,9,11,13,15,17H,3,7-8,10,16H2,1-2H3. The maximum Gasteiger partial charge on any atom is 0.120 e. The first kappa shape index (κ1) is 14.7. The van der Waals surface area contributed by atoms with Crippen molar-refractivity contribution in [2.45, 2.75) is 50.5 Å². The van der Waals surface area contributed by atoms with Crippen LogP contribution in [0.1, 0.15) is 44.7 Å². The summed E-state index contributed by atoms with van der Waals surface area (Å²) in [5.74, 6) is 7.64. The molecular formula is C15H24N2OS. The lowest BCUT2D eigenvalue weighted by Gasteiger charge is -2.19. The molecule has 1 aromatic carbocycles. The largest absolute Gasteiger partial charge is 0.490 e. The fourth-order valence-corrected chi connectivity index (χ4v) is 2.85. The number of benzene rings is 1. The fraction of sp³-hybridized carbons (Fsp3) is 0.600. The Balaban J connectivity index is 1.96. The summed E-state index contributed by atoms with van der Waals surface area (Å²) in [6, 6.07) is 8.48. The van der Waals surface area contributed by atoms with Crippen molar-refractivity contribution in [2.24, 2.45) is 5.84 Å². The molecule has 0 radical (unpaired) electrons. The SMILES string of the molecule is CCC(C)SCC(NN)c1cccc(OC2CC2)c1. The van der Waals surface area contributed by atoms with Gasteiger partial charge in [-0.3, -0.25) is 11.3 Å². The van der Waals surface area contributed by atoms with Gasteiger partial charge in [-0.25, -0.2) is 0 Å². The molecule has 1 aromatic rings. The van der Waals surface area contributed by atoms with Crippen molar-refractivity contribution in [2.75, 3.05) is 5.75 Å². The van der Waals surface area contributed by atoms with Crippen LogP contribution in [0.5, 0.6) is 5.75 Å². The van der Waals surface area contributed by atoms with Gasteiger partial charge in [0.05, 0.1) is 12.1 Å². The summed E-state index contributed by atoms with van der Waals surface area (Å²) >= 11 is 1.95. The lowest BCUT2D eigenvalue weighted by molar-refractivity contribution is 0.302. The van der Waals surface area contributed by atoms with Crippen LogP contribution >= 0.6 is 11.8 Å². The van der Waals surface area contributed by atoms with Gasteiger partial charge in [0.25, 0.3) is 0 Å². The Hall–Kier alpha value is -0.710. The number of hydrogen-bond acceptors (Lipinski definition) is 4. The predicted octanol–water partition coefficient (Wildman–Crippen LogP) is 3.26. The number of nitrogens with one attached hydrogen (secondary N) is 1. The Labute approximate surface area is 120 Å². The van der Waals surface area contributed by atoms with Crippen LogP contribution in [0.4, 0.5) is 0 Å².